The van der Waals surface area contributed by atoms with Crippen molar-refractivity contribution in [3.63, 3.8) is 0 Å². The Morgan fingerprint density at radius 3 is 2.44 bits per heavy atom. The average Bonchev–Trinajstić information content (AvgIpc) is 2.67. The smallest absolute Gasteiger partial charge is 0.312 e. The molecule has 0 aromatic carbocycles. The highest BCUT2D eigenvalue weighted by molar-refractivity contribution is 5.76. The highest BCUT2D eigenvalue weighted by Gasteiger charge is 2.30. The Morgan fingerprint density at radius 2 is 1.94 bits per heavy atom. The molecule has 1 aliphatic rings. The first-order valence-electron chi connectivity index (χ1n) is 6.22. The summed E-state index contributed by atoms with van der Waals surface area (Å²) in [5.41, 5.74) is -0.401. The molecule has 0 aromatic rings. The summed E-state index contributed by atoms with van der Waals surface area (Å²) in [6, 6.07) is 0. The lowest BCUT2D eigenvalue weighted by Gasteiger charge is -2.29. The molecule has 0 unspecified atom stereocenters. The van der Waals surface area contributed by atoms with E-state index in [-0.39, 0.29) is 5.97 Å². The van der Waals surface area contributed by atoms with Crippen LogP contribution >= 0.6 is 0 Å². The lowest BCUT2D eigenvalue weighted by atomic mass is 9.92. The van der Waals surface area contributed by atoms with Crippen LogP contribution in [0.1, 0.15) is 39.5 Å². The second kappa shape index (κ2) is 5.67. The summed E-state index contributed by atoms with van der Waals surface area (Å²) in [6.07, 6.45) is 5.45. The third-order valence-electron chi connectivity index (χ3n) is 3.45. The maximum absolute atomic E-state index is 11.6. The summed E-state index contributed by atoms with van der Waals surface area (Å²) >= 11 is 0. The van der Waals surface area contributed by atoms with Crippen molar-refractivity contribution in [3.05, 3.63) is 0 Å². The van der Waals surface area contributed by atoms with Crippen molar-refractivity contribution < 1.29 is 9.53 Å². The highest BCUT2D eigenvalue weighted by atomic mass is 16.5. The zero-order chi connectivity index (χ0) is 12.2. The van der Waals surface area contributed by atoms with Gasteiger partial charge in [-0.05, 0) is 39.7 Å². The molecule has 0 heterocycles. The Labute approximate surface area is 99.1 Å². The summed E-state index contributed by atoms with van der Waals surface area (Å²) in [7, 11) is 3.56. The molecule has 1 saturated carbocycles. The predicted octanol–water partition coefficient (Wildman–Crippen LogP) is 2.31. The van der Waals surface area contributed by atoms with Gasteiger partial charge in [0.25, 0.3) is 0 Å². The van der Waals surface area contributed by atoms with Crippen molar-refractivity contribution in [1.29, 1.82) is 0 Å². The molecular formula is C13H25NO2. The number of hydrogen-bond acceptors (Lipinski definition) is 3. The van der Waals surface area contributed by atoms with Crippen molar-refractivity contribution >= 4 is 5.97 Å². The summed E-state index contributed by atoms with van der Waals surface area (Å²) in [5, 5.41) is 0. The number of rotatable bonds is 5. The first-order valence-corrected chi connectivity index (χ1v) is 6.22. The minimum Gasteiger partial charge on any atom is -0.469 e. The predicted molar refractivity (Wildman–Crippen MR) is 65.3 cm³/mol. The topological polar surface area (TPSA) is 29.5 Å². The quantitative estimate of drug-likeness (QED) is 0.675. The number of hydrogen-bond donors (Lipinski definition) is 0. The van der Waals surface area contributed by atoms with Crippen LogP contribution < -0.4 is 0 Å². The monoisotopic (exact) mass is 227 g/mol. The fraction of sp³-hybridized carbons (Fsp3) is 0.923. The molecule has 0 aromatic heterocycles. The van der Waals surface area contributed by atoms with Crippen molar-refractivity contribution in [3.8, 4) is 0 Å². The van der Waals surface area contributed by atoms with Crippen LogP contribution in [0.3, 0.4) is 0 Å². The Bertz CT molecular complexity index is 232. The molecular weight excluding hydrogens is 202 g/mol. The maximum atomic E-state index is 11.6. The normalized spacial score (nSPS) is 18.1. The van der Waals surface area contributed by atoms with E-state index in [1.54, 1.807) is 0 Å². The van der Waals surface area contributed by atoms with Gasteiger partial charge in [0, 0.05) is 13.1 Å². The molecule has 1 fully saturated rings. The molecule has 0 atom stereocenters. The summed E-state index contributed by atoms with van der Waals surface area (Å²) in [5.74, 6) is 0.712. The Morgan fingerprint density at radius 1 is 1.38 bits per heavy atom. The molecule has 0 amide bonds. The van der Waals surface area contributed by atoms with Gasteiger partial charge in [-0.3, -0.25) is 4.79 Å². The van der Waals surface area contributed by atoms with Crippen LogP contribution in [0, 0.1) is 11.3 Å². The van der Waals surface area contributed by atoms with E-state index in [1.807, 2.05) is 13.8 Å². The number of ether oxygens (including phenoxy) is 1. The van der Waals surface area contributed by atoms with Gasteiger partial charge in [0.05, 0.1) is 12.5 Å². The fourth-order valence-electron chi connectivity index (χ4n) is 2.71. The van der Waals surface area contributed by atoms with Crippen LogP contribution in [0.5, 0.6) is 0 Å². The minimum atomic E-state index is -0.401. The third-order valence-corrected chi connectivity index (χ3v) is 3.45. The average molecular weight is 227 g/mol. The van der Waals surface area contributed by atoms with Gasteiger partial charge in [0.1, 0.15) is 0 Å². The number of carbonyl (C=O) groups is 1. The Balaban J connectivity index is 2.37. The second-order valence-electron chi connectivity index (χ2n) is 5.72. The molecule has 0 radical (unpaired) electrons. The number of methoxy groups -OCH3 is 1. The maximum Gasteiger partial charge on any atom is 0.312 e. The largest absolute Gasteiger partial charge is 0.469 e. The van der Waals surface area contributed by atoms with E-state index in [4.69, 9.17) is 4.74 Å². The highest BCUT2D eigenvalue weighted by Crippen LogP contribution is 2.26. The molecule has 1 rings (SSSR count). The minimum absolute atomic E-state index is 0.120. The van der Waals surface area contributed by atoms with E-state index >= 15 is 0 Å². The van der Waals surface area contributed by atoms with Gasteiger partial charge in [-0.1, -0.05) is 12.8 Å². The molecule has 16 heavy (non-hydrogen) atoms. The van der Waals surface area contributed by atoms with Gasteiger partial charge >= 0.3 is 5.97 Å². The Hall–Kier alpha value is -0.570. The molecule has 0 spiro atoms. The van der Waals surface area contributed by atoms with Crippen LogP contribution in [0.15, 0.2) is 0 Å². The van der Waals surface area contributed by atoms with E-state index in [0.717, 1.165) is 19.0 Å². The van der Waals surface area contributed by atoms with Crippen LogP contribution in [-0.4, -0.2) is 38.1 Å². The van der Waals surface area contributed by atoms with Gasteiger partial charge in [-0.25, -0.2) is 0 Å². The number of nitrogens with zero attached hydrogens (tertiary/aromatic N) is 1. The van der Waals surface area contributed by atoms with E-state index in [9.17, 15) is 4.79 Å². The summed E-state index contributed by atoms with van der Waals surface area (Å²) in [4.78, 5) is 13.8. The summed E-state index contributed by atoms with van der Waals surface area (Å²) in [6.45, 7) is 5.78. The number of esters is 1. The van der Waals surface area contributed by atoms with Gasteiger partial charge in [0.15, 0.2) is 0 Å². The van der Waals surface area contributed by atoms with Crippen LogP contribution in [-0.2, 0) is 9.53 Å². The second-order valence-corrected chi connectivity index (χ2v) is 5.72. The van der Waals surface area contributed by atoms with Gasteiger partial charge in [-0.15, -0.1) is 0 Å². The van der Waals surface area contributed by atoms with E-state index in [2.05, 4.69) is 11.9 Å². The first kappa shape index (κ1) is 13.5. The molecule has 0 bridgehead atoms. The molecule has 3 nitrogen and oxygen atoms in total. The summed E-state index contributed by atoms with van der Waals surface area (Å²) < 4.78 is 4.82. The lowest BCUT2D eigenvalue weighted by molar-refractivity contribution is -0.151. The zero-order valence-corrected chi connectivity index (χ0v) is 11.1. The van der Waals surface area contributed by atoms with Gasteiger partial charge in [-0.2, -0.15) is 0 Å². The van der Waals surface area contributed by atoms with Crippen molar-refractivity contribution in [2.75, 3.05) is 27.2 Å². The zero-order valence-electron chi connectivity index (χ0n) is 11.1. The molecule has 1 aliphatic carbocycles. The molecule has 0 N–H and O–H groups in total. The van der Waals surface area contributed by atoms with Crippen LogP contribution in [0.25, 0.3) is 0 Å². The van der Waals surface area contributed by atoms with Crippen LogP contribution in [0.2, 0.25) is 0 Å². The lowest BCUT2D eigenvalue weighted by Crippen LogP contribution is -2.39. The van der Waals surface area contributed by atoms with Crippen molar-refractivity contribution in [1.82, 2.24) is 4.90 Å². The molecule has 0 aliphatic heterocycles. The van der Waals surface area contributed by atoms with E-state index < -0.39 is 5.41 Å². The SMILES string of the molecule is COC(=O)C(C)(C)CN(C)CC1CCCC1. The van der Waals surface area contributed by atoms with Crippen molar-refractivity contribution in [2.45, 2.75) is 39.5 Å². The van der Waals surface area contributed by atoms with Gasteiger partial charge < -0.3 is 9.64 Å². The van der Waals surface area contributed by atoms with Gasteiger partial charge in [0.2, 0.25) is 0 Å². The fourth-order valence-corrected chi connectivity index (χ4v) is 2.71. The molecule has 0 saturated heterocycles. The Kier molecular flexibility index (Phi) is 4.78. The van der Waals surface area contributed by atoms with Crippen molar-refractivity contribution in [2.24, 2.45) is 11.3 Å². The van der Waals surface area contributed by atoms with E-state index in [1.165, 1.54) is 32.8 Å². The third kappa shape index (κ3) is 3.78. The van der Waals surface area contributed by atoms with E-state index in [0.29, 0.717) is 0 Å². The standard InChI is InChI=1S/C13H25NO2/c1-13(2,12(15)16-4)10-14(3)9-11-7-5-6-8-11/h11H,5-10H2,1-4H3. The number of carbonyl (C=O) groups excluding carboxylic acids is 1. The first-order chi connectivity index (χ1) is 7.45. The van der Waals surface area contributed by atoms with Crippen LogP contribution in [0.4, 0.5) is 0 Å². The molecule has 94 valence electrons. The molecule has 3 heteroatoms.